The topological polar surface area (TPSA) is 77.7 Å². The summed E-state index contributed by atoms with van der Waals surface area (Å²) in [5.41, 5.74) is 0.230. The number of hydrogen-bond acceptors (Lipinski definition) is 6. The number of epoxide rings is 2. The van der Waals surface area contributed by atoms with Gasteiger partial charge in [-0.2, -0.15) is 0 Å². The largest absolute Gasteiger partial charge is 0.459 e. The van der Waals surface area contributed by atoms with Crippen LogP contribution in [-0.2, 0) is 28.5 Å². The van der Waals surface area contributed by atoms with Gasteiger partial charge in [0, 0.05) is 12.0 Å². The van der Waals surface area contributed by atoms with Gasteiger partial charge in [-0.1, -0.05) is 12.2 Å². The van der Waals surface area contributed by atoms with Crippen LogP contribution in [0.25, 0.3) is 0 Å². The van der Waals surface area contributed by atoms with Gasteiger partial charge in [-0.05, 0) is 46.6 Å². The van der Waals surface area contributed by atoms with Gasteiger partial charge in [0.1, 0.15) is 12.2 Å². The average molecular weight is 362 g/mol. The van der Waals surface area contributed by atoms with Crippen LogP contribution in [0.3, 0.4) is 0 Å². The molecule has 0 radical (unpaired) electrons. The zero-order chi connectivity index (χ0) is 18.9. The first-order valence-electron chi connectivity index (χ1n) is 9.28. The molecule has 3 fully saturated rings. The zero-order valence-electron chi connectivity index (χ0n) is 15.7. The molecule has 0 unspecified atom stereocenters. The van der Waals surface area contributed by atoms with E-state index in [0.717, 1.165) is 18.4 Å². The van der Waals surface area contributed by atoms with Crippen molar-refractivity contribution in [1.82, 2.24) is 0 Å². The summed E-state index contributed by atoms with van der Waals surface area (Å²) in [6, 6.07) is 0. The van der Waals surface area contributed by atoms with Crippen molar-refractivity contribution in [2.24, 2.45) is 5.92 Å². The smallest absolute Gasteiger partial charge is 0.341 e. The molecule has 0 amide bonds. The van der Waals surface area contributed by atoms with Gasteiger partial charge < -0.3 is 18.9 Å². The number of ether oxygens (including phenoxy) is 4. The number of fused-ring (bicyclic) bond motifs is 2. The summed E-state index contributed by atoms with van der Waals surface area (Å²) < 4.78 is 22.7. The van der Waals surface area contributed by atoms with E-state index in [1.807, 2.05) is 26.8 Å². The third-order valence-electron chi connectivity index (χ3n) is 6.36. The van der Waals surface area contributed by atoms with Crippen molar-refractivity contribution in [3.63, 3.8) is 0 Å². The summed E-state index contributed by atoms with van der Waals surface area (Å²) in [6.07, 6.45) is 3.24. The van der Waals surface area contributed by atoms with Crippen molar-refractivity contribution < 1.29 is 28.5 Å². The lowest BCUT2D eigenvalue weighted by molar-refractivity contribution is -0.159. The molecule has 6 heteroatoms. The molecule has 26 heavy (non-hydrogen) atoms. The first-order valence-corrected chi connectivity index (χ1v) is 9.28. The van der Waals surface area contributed by atoms with Crippen molar-refractivity contribution in [3.8, 4) is 0 Å². The van der Waals surface area contributed by atoms with Crippen LogP contribution in [0.15, 0.2) is 23.8 Å². The SMILES string of the molecule is C=C1C(=O)O[C@@H]2/C=C(\C)CC[C@@H]3O[C@]3(C)C[C@@H](OC(=O)[C@@]3(C)O[C@@H]3C)[C@@H]12. The molecule has 0 bridgehead atoms. The van der Waals surface area contributed by atoms with Crippen molar-refractivity contribution in [2.45, 2.75) is 82.6 Å². The van der Waals surface area contributed by atoms with Gasteiger partial charge in [-0.15, -0.1) is 0 Å². The number of carbonyl (C=O) groups is 2. The number of rotatable bonds is 2. The Morgan fingerprint density at radius 3 is 2.69 bits per heavy atom. The van der Waals surface area contributed by atoms with Crippen molar-refractivity contribution in [3.05, 3.63) is 23.8 Å². The van der Waals surface area contributed by atoms with Crippen LogP contribution in [0, 0.1) is 5.92 Å². The van der Waals surface area contributed by atoms with E-state index in [9.17, 15) is 9.59 Å². The van der Waals surface area contributed by atoms with E-state index in [1.165, 1.54) is 0 Å². The number of carbonyl (C=O) groups excluding carboxylic acids is 2. The normalized spacial score (nSPS) is 49.2. The molecule has 6 nitrogen and oxygen atoms in total. The van der Waals surface area contributed by atoms with Gasteiger partial charge in [0.05, 0.1) is 23.7 Å². The summed E-state index contributed by atoms with van der Waals surface area (Å²) in [6.45, 7) is 11.5. The first kappa shape index (κ1) is 17.7. The summed E-state index contributed by atoms with van der Waals surface area (Å²) >= 11 is 0. The lowest BCUT2D eigenvalue weighted by atomic mass is 9.82. The van der Waals surface area contributed by atoms with Crippen LogP contribution in [-0.4, -0.2) is 47.6 Å². The minimum absolute atomic E-state index is 0.140. The highest BCUT2D eigenvalue weighted by Crippen LogP contribution is 2.48. The predicted molar refractivity (Wildman–Crippen MR) is 92.2 cm³/mol. The number of allylic oxidation sites excluding steroid dienone is 1. The molecule has 4 aliphatic rings. The van der Waals surface area contributed by atoms with E-state index in [0.29, 0.717) is 12.0 Å². The average Bonchev–Trinajstić information content (AvgIpc) is 3.36. The third kappa shape index (κ3) is 2.79. The lowest BCUT2D eigenvalue weighted by Gasteiger charge is -2.29. The van der Waals surface area contributed by atoms with Gasteiger partial charge in [0.25, 0.3) is 0 Å². The molecule has 4 rings (SSSR count). The van der Waals surface area contributed by atoms with E-state index in [1.54, 1.807) is 6.92 Å². The summed E-state index contributed by atoms with van der Waals surface area (Å²) in [4.78, 5) is 24.8. The number of hydrogen-bond donors (Lipinski definition) is 0. The molecular weight excluding hydrogens is 336 g/mol. The van der Waals surface area contributed by atoms with E-state index in [2.05, 4.69) is 6.58 Å². The fourth-order valence-corrected chi connectivity index (χ4v) is 4.18. The van der Waals surface area contributed by atoms with Gasteiger partial charge in [-0.3, -0.25) is 0 Å². The van der Waals surface area contributed by atoms with Crippen LogP contribution < -0.4 is 0 Å². The molecule has 0 saturated carbocycles. The fraction of sp³-hybridized carbons (Fsp3) is 0.700. The van der Waals surface area contributed by atoms with Crippen LogP contribution in [0.4, 0.5) is 0 Å². The van der Waals surface area contributed by atoms with Gasteiger partial charge in [-0.25, -0.2) is 9.59 Å². The van der Waals surface area contributed by atoms with Crippen LogP contribution in [0.2, 0.25) is 0 Å². The molecule has 0 aromatic rings. The zero-order valence-corrected chi connectivity index (χ0v) is 15.7. The Morgan fingerprint density at radius 2 is 2.04 bits per heavy atom. The highest BCUT2D eigenvalue weighted by Gasteiger charge is 2.60. The maximum absolute atomic E-state index is 12.7. The van der Waals surface area contributed by atoms with E-state index in [-0.39, 0.29) is 17.8 Å². The Kier molecular flexibility index (Phi) is 3.87. The molecule has 142 valence electrons. The van der Waals surface area contributed by atoms with Crippen molar-refractivity contribution in [1.29, 1.82) is 0 Å². The molecular formula is C20H26O6. The summed E-state index contributed by atoms with van der Waals surface area (Å²) in [7, 11) is 0. The molecule has 1 aliphatic carbocycles. The fourth-order valence-electron chi connectivity index (χ4n) is 4.18. The maximum Gasteiger partial charge on any atom is 0.341 e. The Hall–Kier alpha value is -1.66. The Balaban J connectivity index is 1.65. The van der Waals surface area contributed by atoms with Crippen LogP contribution in [0.5, 0.6) is 0 Å². The van der Waals surface area contributed by atoms with Crippen LogP contribution >= 0.6 is 0 Å². The quantitative estimate of drug-likeness (QED) is 0.325. The lowest BCUT2D eigenvalue weighted by Crippen LogP contribution is -2.40. The van der Waals surface area contributed by atoms with Gasteiger partial charge >= 0.3 is 11.9 Å². The molecule has 3 aliphatic heterocycles. The molecule has 3 heterocycles. The second kappa shape index (κ2) is 5.67. The highest BCUT2D eigenvalue weighted by atomic mass is 16.7. The molecule has 0 aromatic carbocycles. The van der Waals surface area contributed by atoms with E-state index in [4.69, 9.17) is 18.9 Å². The Morgan fingerprint density at radius 1 is 1.35 bits per heavy atom. The maximum atomic E-state index is 12.7. The predicted octanol–water partition coefficient (Wildman–Crippen LogP) is 2.46. The first-order chi connectivity index (χ1) is 12.1. The van der Waals surface area contributed by atoms with E-state index >= 15 is 0 Å². The monoisotopic (exact) mass is 362 g/mol. The van der Waals surface area contributed by atoms with Crippen molar-refractivity contribution >= 4 is 11.9 Å². The Labute approximate surface area is 153 Å². The second-order valence-corrected chi connectivity index (χ2v) is 8.41. The molecule has 0 N–H and O–H groups in total. The highest BCUT2D eigenvalue weighted by molar-refractivity contribution is 5.91. The minimum Gasteiger partial charge on any atom is -0.459 e. The number of esters is 2. The second-order valence-electron chi connectivity index (χ2n) is 8.41. The van der Waals surface area contributed by atoms with Crippen molar-refractivity contribution in [2.75, 3.05) is 0 Å². The molecule has 0 aromatic heterocycles. The minimum atomic E-state index is -0.911. The summed E-state index contributed by atoms with van der Waals surface area (Å²) in [5, 5.41) is 0. The van der Waals surface area contributed by atoms with E-state index < -0.39 is 35.7 Å². The van der Waals surface area contributed by atoms with Gasteiger partial charge in [0.15, 0.2) is 5.60 Å². The Bertz CT molecular complexity index is 711. The summed E-state index contributed by atoms with van der Waals surface area (Å²) in [5.74, 6) is -1.23. The molecule has 3 saturated heterocycles. The van der Waals surface area contributed by atoms with Crippen LogP contribution in [0.1, 0.15) is 47.0 Å². The standard InChI is InChI=1S/C20H26O6/c1-10-6-7-15-19(4,26-15)9-14(24-18(22)20(5)12(3)25-20)16-11(2)17(21)23-13(16)8-10/h8,12-16H,2,6-7,9H2,1,3-5H3/b10-8+/t12-,13-,14-,15+,16+,19-,20+/m1/s1. The third-order valence-corrected chi connectivity index (χ3v) is 6.36. The molecule has 0 spiro atoms. The molecule has 7 atom stereocenters. The van der Waals surface area contributed by atoms with Gasteiger partial charge in [0.2, 0.25) is 0 Å².